The summed E-state index contributed by atoms with van der Waals surface area (Å²) < 4.78 is 0. The van der Waals surface area contributed by atoms with E-state index in [1.54, 1.807) is 0 Å². The van der Waals surface area contributed by atoms with Crippen LogP contribution in [0.4, 0.5) is 5.82 Å². The van der Waals surface area contributed by atoms with Gasteiger partial charge in [0.1, 0.15) is 5.82 Å². The van der Waals surface area contributed by atoms with Crippen LogP contribution in [0.2, 0.25) is 0 Å². The summed E-state index contributed by atoms with van der Waals surface area (Å²) in [6, 6.07) is 5.42. The van der Waals surface area contributed by atoms with Gasteiger partial charge in [-0.2, -0.15) is 0 Å². The molecule has 0 aromatic carbocycles. The van der Waals surface area contributed by atoms with Crippen LogP contribution < -0.4 is 10.2 Å². The largest absolute Gasteiger partial charge is 0.354 e. The van der Waals surface area contributed by atoms with Gasteiger partial charge in [0, 0.05) is 31.4 Å². The van der Waals surface area contributed by atoms with Gasteiger partial charge in [0.25, 0.3) is 0 Å². The molecule has 0 saturated carbocycles. The van der Waals surface area contributed by atoms with Crippen LogP contribution in [0, 0.1) is 0 Å². The quantitative estimate of drug-likeness (QED) is 0.850. The van der Waals surface area contributed by atoms with E-state index in [4.69, 9.17) is 0 Å². The molecule has 2 rings (SSSR count). The van der Waals surface area contributed by atoms with Crippen LogP contribution in [0.3, 0.4) is 0 Å². The molecule has 1 aromatic heterocycles. The van der Waals surface area contributed by atoms with Crippen molar-refractivity contribution in [3.05, 3.63) is 23.9 Å². The zero-order valence-corrected chi connectivity index (χ0v) is 11.3. The molecule has 0 bridgehead atoms. The number of nitrogens with zero attached hydrogens (tertiary/aromatic N) is 2. The molecule has 3 heteroatoms. The number of rotatable bonds is 2. The van der Waals surface area contributed by atoms with Crippen molar-refractivity contribution in [2.24, 2.45) is 0 Å². The van der Waals surface area contributed by atoms with Gasteiger partial charge in [-0.15, -0.1) is 0 Å². The molecule has 1 N–H and O–H groups in total. The molecule has 0 aliphatic carbocycles. The van der Waals surface area contributed by atoms with Crippen molar-refractivity contribution in [1.82, 2.24) is 10.3 Å². The normalized spacial score (nSPS) is 25.4. The Bertz CT molecular complexity index is 348. The van der Waals surface area contributed by atoms with E-state index in [0.29, 0.717) is 18.0 Å². The minimum atomic E-state index is 0.533. The first-order chi connectivity index (χ1) is 8.06. The second-order valence-electron chi connectivity index (χ2n) is 5.48. The van der Waals surface area contributed by atoms with Crippen molar-refractivity contribution < 1.29 is 0 Å². The minimum Gasteiger partial charge on any atom is -0.354 e. The van der Waals surface area contributed by atoms with Crippen molar-refractivity contribution in [2.75, 3.05) is 18.0 Å². The fraction of sp³-hybridized carbons (Fsp3) is 0.643. The molecule has 1 aromatic rings. The fourth-order valence-corrected chi connectivity index (χ4v) is 2.44. The van der Waals surface area contributed by atoms with Gasteiger partial charge in [-0.3, -0.25) is 0 Å². The van der Waals surface area contributed by atoms with Gasteiger partial charge >= 0.3 is 0 Å². The highest BCUT2D eigenvalue weighted by Gasteiger charge is 2.21. The van der Waals surface area contributed by atoms with Gasteiger partial charge < -0.3 is 10.2 Å². The molecule has 0 spiro atoms. The van der Waals surface area contributed by atoms with Gasteiger partial charge in [-0.1, -0.05) is 19.9 Å². The first-order valence-electron chi connectivity index (χ1n) is 6.53. The summed E-state index contributed by atoms with van der Waals surface area (Å²) in [7, 11) is 0. The Morgan fingerprint density at radius 3 is 2.35 bits per heavy atom. The Balaban J connectivity index is 2.11. The molecule has 0 radical (unpaired) electrons. The molecule has 1 fully saturated rings. The van der Waals surface area contributed by atoms with Crippen LogP contribution in [0.15, 0.2) is 18.3 Å². The smallest absolute Gasteiger partial charge is 0.128 e. The third kappa shape index (κ3) is 2.97. The highest BCUT2D eigenvalue weighted by atomic mass is 15.2. The number of hydrogen-bond donors (Lipinski definition) is 1. The van der Waals surface area contributed by atoms with Crippen LogP contribution in [0.25, 0.3) is 0 Å². The maximum absolute atomic E-state index is 4.59. The topological polar surface area (TPSA) is 28.2 Å². The van der Waals surface area contributed by atoms with Crippen molar-refractivity contribution in [1.29, 1.82) is 0 Å². The molecule has 2 atom stereocenters. The molecular weight excluding hydrogens is 210 g/mol. The minimum absolute atomic E-state index is 0.533. The van der Waals surface area contributed by atoms with Crippen LogP contribution in [0.5, 0.6) is 0 Å². The summed E-state index contributed by atoms with van der Waals surface area (Å²) in [4.78, 5) is 6.96. The number of hydrogen-bond acceptors (Lipinski definition) is 3. The molecule has 2 heterocycles. The van der Waals surface area contributed by atoms with Gasteiger partial charge in [-0.25, -0.2) is 4.98 Å². The van der Waals surface area contributed by atoms with Gasteiger partial charge in [0.15, 0.2) is 0 Å². The van der Waals surface area contributed by atoms with Crippen LogP contribution >= 0.6 is 0 Å². The lowest BCUT2D eigenvalue weighted by atomic mass is 10.1. The third-order valence-corrected chi connectivity index (χ3v) is 3.32. The van der Waals surface area contributed by atoms with Crippen molar-refractivity contribution in [2.45, 2.75) is 45.7 Å². The zero-order chi connectivity index (χ0) is 12.4. The van der Waals surface area contributed by atoms with E-state index in [-0.39, 0.29) is 0 Å². The summed E-state index contributed by atoms with van der Waals surface area (Å²) in [6.07, 6.45) is 2.01. The molecule has 3 nitrogen and oxygen atoms in total. The number of aromatic nitrogens is 1. The van der Waals surface area contributed by atoms with E-state index < -0.39 is 0 Å². The lowest BCUT2D eigenvalue weighted by Gasteiger charge is -2.37. The number of nitrogens with one attached hydrogen (secondary N) is 1. The van der Waals surface area contributed by atoms with Crippen LogP contribution in [-0.2, 0) is 0 Å². The molecule has 1 aliphatic rings. The van der Waals surface area contributed by atoms with Gasteiger partial charge in [0.05, 0.1) is 0 Å². The van der Waals surface area contributed by atoms with E-state index in [2.05, 4.69) is 55.0 Å². The first-order valence-corrected chi connectivity index (χ1v) is 6.53. The summed E-state index contributed by atoms with van der Waals surface area (Å²) in [6.45, 7) is 10.9. The molecule has 1 saturated heterocycles. The Kier molecular flexibility index (Phi) is 3.67. The summed E-state index contributed by atoms with van der Waals surface area (Å²) in [5, 5.41) is 3.54. The molecular formula is C14H23N3. The average Bonchev–Trinajstić information content (AvgIpc) is 2.28. The van der Waals surface area contributed by atoms with Crippen LogP contribution in [0.1, 0.15) is 39.2 Å². The molecule has 94 valence electrons. The van der Waals surface area contributed by atoms with E-state index in [0.717, 1.165) is 18.9 Å². The standard InChI is InChI=1S/C14H23N3/c1-10(2)13-5-6-14(15-7-13)17-8-11(3)16-12(4)9-17/h5-7,10-12,16H,8-9H2,1-4H3/t11-,12+. The first kappa shape index (κ1) is 12.4. The zero-order valence-electron chi connectivity index (χ0n) is 11.3. The maximum atomic E-state index is 4.59. The lowest BCUT2D eigenvalue weighted by Crippen LogP contribution is -2.54. The number of anilines is 1. The molecule has 0 unspecified atom stereocenters. The van der Waals surface area contributed by atoms with Crippen molar-refractivity contribution in [3.63, 3.8) is 0 Å². The maximum Gasteiger partial charge on any atom is 0.128 e. The van der Waals surface area contributed by atoms with Gasteiger partial charge in [-0.05, 0) is 31.4 Å². The Morgan fingerprint density at radius 1 is 1.24 bits per heavy atom. The average molecular weight is 233 g/mol. The molecule has 0 amide bonds. The highest BCUT2D eigenvalue weighted by Crippen LogP contribution is 2.18. The van der Waals surface area contributed by atoms with E-state index >= 15 is 0 Å². The monoisotopic (exact) mass is 233 g/mol. The van der Waals surface area contributed by atoms with E-state index in [1.807, 2.05) is 6.20 Å². The number of pyridine rings is 1. The van der Waals surface area contributed by atoms with Crippen molar-refractivity contribution >= 4 is 5.82 Å². The predicted octanol–water partition coefficient (Wildman–Crippen LogP) is 2.39. The molecule has 17 heavy (non-hydrogen) atoms. The summed E-state index contributed by atoms with van der Waals surface area (Å²) >= 11 is 0. The highest BCUT2D eigenvalue weighted by molar-refractivity contribution is 5.41. The Morgan fingerprint density at radius 2 is 1.88 bits per heavy atom. The Hall–Kier alpha value is -1.09. The third-order valence-electron chi connectivity index (χ3n) is 3.32. The van der Waals surface area contributed by atoms with Gasteiger partial charge in [0.2, 0.25) is 0 Å². The second kappa shape index (κ2) is 5.05. The fourth-order valence-electron chi connectivity index (χ4n) is 2.44. The summed E-state index contributed by atoms with van der Waals surface area (Å²) in [5.74, 6) is 1.66. The number of piperazine rings is 1. The summed E-state index contributed by atoms with van der Waals surface area (Å²) in [5.41, 5.74) is 1.31. The van der Waals surface area contributed by atoms with Crippen molar-refractivity contribution in [3.8, 4) is 0 Å². The Labute approximate surface area is 104 Å². The predicted molar refractivity (Wildman–Crippen MR) is 72.6 cm³/mol. The van der Waals surface area contributed by atoms with E-state index in [1.165, 1.54) is 5.56 Å². The van der Waals surface area contributed by atoms with Crippen LogP contribution in [-0.4, -0.2) is 30.2 Å². The van der Waals surface area contributed by atoms with E-state index in [9.17, 15) is 0 Å². The molecule has 1 aliphatic heterocycles. The lowest BCUT2D eigenvalue weighted by molar-refractivity contribution is 0.405. The second-order valence-corrected chi connectivity index (χ2v) is 5.48. The SMILES string of the molecule is CC(C)c1ccc(N2C[C@@H](C)N[C@@H](C)C2)nc1.